The third-order valence-electron chi connectivity index (χ3n) is 3.23. The standard InChI is InChI=1S/C16H25N3S.HI/c1-3-17-16(19-12-14-6-7-14)18-10-11-20-15-8-4-13(2)5-9-15;/h4-5,8-9,14H,3,6-7,10-12H2,1-2H3,(H2,17,18,19);1H. The number of nitrogens with zero attached hydrogens (tertiary/aromatic N) is 1. The number of aliphatic imine (C=N–C) groups is 1. The van der Waals surface area contributed by atoms with Gasteiger partial charge in [0, 0.05) is 30.3 Å². The molecule has 0 bridgehead atoms. The van der Waals surface area contributed by atoms with Crippen molar-refractivity contribution in [3.05, 3.63) is 29.8 Å². The summed E-state index contributed by atoms with van der Waals surface area (Å²) < 4.78 is 0. The number of nitrogens with one attached hydrogen (secondary N) is 2. The van der Waals surface area contributed by atoms with Crippen molar-refractivity contribution in [3.8, 4) is 0 Å². The zero-order valence-electron chi connectivity index (χ0n) is 12.9. The second-order valence-corrected chi connectivity index (χ2v) is 6.42. The summed E-state index contributed by atoms with van der Waals surface area (Å²) in [4.78, 5) is 5.95. The maximum absolute atomic E-state index is 4.62. The van der Waals surface area contributed by atoms with Crippen LogP contribution in [0.5, 0.6) is 0 Å². The normalized spacial score (nSPS) is 14.5. The first-order chi connectivity index (χ1) is 9.78. The van der Waals surface area contributed by atoms with Crippen LogP contribution in [-0.2, 0) is 0 Å². The maximum Gasteiger partial charge on any atom is 0.191 e. The van der Waals surface area contributed by atoms with Crippen LogP contribution in [0.2, 0.25) is 0 Å². The van der Waals surface area contributed by atoms with Crippen LogP contribution in [0.3, 0.4) is 0 Å². The SMILES string of the molecule is CCNC(=NCC1CC1)NCCSc1ccc(C)cc1.I. The first-order valence-corrected chi connectivity index (χ1v) is 8.48. The molecule has 5 heteroatoms. The van der Waals surface area contributed by atoms with Gasteiger partial charge in [-0.25, -0.2) is 0 Å². The Balaban J connectivity index is 0.00000220. The quantitative estimate of drug-likeness (QED) is 0.233. The summed E-state index contributed by atoms with van der Waals surface area (Å²) in [5.74, 6) is 2.85. The molecule has 0 spiro atoms. The Kier molecular flexibility index (Phi) is 9.15. The molecule has 0 saturated heterocycles. The summed E-state index contributed by atoms with van der Waals surface area (Å²) >= 11 is 1.88. The number of hydrogen-bond acceptors (Lipinski definition) is 2. The molecule has 0 radical (unpaired) electrons. The maximum atomic E-state index is 4.62. The second kappa shape index (κ2) is 10.3. The molecule has 3 nitrogen and oxygen atoms in total. The summed E-state index contributed by atoms with van der Waals surface area (Å²) in [7, 11) is 0. The van der Waals surface area contributed by atoms with Crippen molar-refractivity contribution in [2.45, 2.75) is 31.6 Å². The fourth-order valence-electron chi connectivity index (χ4n) is 1.84. The number of rotatable bonds is 7. The number of guanidine groups is 1. The van der Waals surface area contributed by atoms with Gasteiger partial charge in [-0.3, -0.25) is 4.99 Å². The molecule has 0 aliphatic heterocycles. The van der Waals surface area contributed by atoms with E-state index in [4.69, 9.17) is 0 Å². The summed E-state index contributed by atoms with van der Waals surface area (Å²) in [6.45, 7) is 7.06. The van der Waals surface area contributed by atoms with E-state index in [0.29, 0.717) is 0 Å². The monoisotopic (exact) mass is 419 g/mol. The third-order valence-corrected chi connectivity index (χ3v) is 4.25. The van der Waals surface area contributed by atoms with E-state index in [-0.39, 0.29) is 24.0 Å². The highest BCUT2D eigenvalue weighted by atomic mass is 127. The molecular weight excluding hydrogens is 393 g/mol. The fourth-order valence-corrected chi connectivity index (χ4v) is 2.60. The molecule has 0 unspecified atom stereocenters. The van der Waals surface area contributed by atoms with Gasteiger partial charge in [-0.05, 0) is 44.7 Å². The van der Waals surface area contributed by atoms with Crippen LogP contribution < -0.4 is 10.6 Å². The number of aryl methyl sites for hydroxylation is 1. The Hall–Kier alpha value is -0.430. The minimum absolute atomic E-state index is 0. The Morgan fingerprint density at radius 3 is 2.57 bits per heavy atom. The molecule has 118 valence electrons. The Morgan fingerprint density at radius 1 is 1.24 bits per heavy atom. The topological polar surface area (TPSA) is 36.4 Å². The molecule has 0 amide bonds. The predicted octanol–water partition coefficient (Wildman–Crippen LogP) is 3.67. The van der Waals surface area contributed by atoms with Crippen LogP contribution in [-0.4, -0.2) is 31.3 Å². The van der Waals surface area contributed by atoms with Gasteiger partial charge in [0.25, 0.3) is 0 Å². The van der Waals surface area contributed by atoms with E-state index in [2.05, 4.69) is 53.7 Å². The van der Waals surface area contributed by atoms with Crippen molar-refractivity contribution in [2.24, 2.45) is 10.9 Å². The van der Waals surface area contributed by atoms with E-state index < -0.39 is 0 Å². The van der Waals surface area contributed by atoms with Gasteiger partial charge < -0.3 is 10.6 Å². The number of halogens is 1. The van der Waals surface area contributed by atoms with E-state index in [0.717, 1.165) is 37.3 Å². The number of thioether (sulfide) groups is 1. The van der Waals surface area contributed by atoms with Gasteiger partial charge in [-0.1, -0.05) is 17.7 Å². The van der Waals surface area contributed by atoms with Crippen LogP contribution >= 0.6 is 35.7 Å². The van der Waals surface area contributed by atoms with Crippen molar-refractivity contribution in [1.82, 2.24) is 10.6 Å². The van der Waals surface area contributed by atoms with E-state index in [1.54, 1.807) is 0 Å². The summed E-state index contributed by atoms with van der Waals surface area (Å²) in [5, 5.41) is 6.71. The van der Waals surface area contributed by atoms with E-state index in [1.165, 1.54) is 23.3 Å². The van der Waals surface area contributed by atoms with Gasteiger partial charge >= 0.3 is 0 Å². The highest BCUT2D eigenvalue weighted by Gasteiger charge is 2.20. The molecule has 0 atom stereocenters. The molecule has 1 saturated carbocycles. The van der Waals surface area contributed by atoms with E-state index >= 15 is 0 Å². The minimum atomic E-state index is 0. The molecule has 1 aliphatic carbocycles. The van der Waals surface area contributed by atoms with Crippen molar-refractivity contribution < 1.29 is 0 Å². The van der Waals surface area contributed by atoms with Crippen LogP contribution in [0.4, 0.5) is 0 Å². The van der Waals surface area contributed by atoms with Crippen molar-refractivity contribution in [2.75, 3.05) is 25.4 Å². The van der Waals surface area contributed by atoms with Crippen LogP contribution in [0.1, 0.15) is 25.3 Å². The van der Waals surface area contributed by atoms with Gasteiger partial charge in [0.05, 0.1) is 0 Å². The molecule has 2 rings (SSSR count). The largest absolute Gasteiger partial charge is 0.357 e. The molecule has 21 heavy (non-hydrogen) atoms. The fraction of sp³-hybridized carbons (Fsp3) is 0.562. The van der Waals surface area contributed by atoms with Gasteiger partial charge in [-0.15, -0.1) is 35.7 Å². The van der Waals surface area contributed by atoms with Gasteiger partial charge in [0.2, 0.25) is 0 Å². The summed E-state index contributed by atoms with van der Waals surface area (Å²) in [6.07, 6.45) is 2.71. The lowest BCUT2D eigenvalue weighted by Gasteiger charge is -2.11. The third kappa shape index (κ3) is 7.95. The molecule has 1 aliphatic rings. The molecule has 1 aromatic rings. The van der Waals surface area contributed by atoms with Crippen LogP contribution in [0, 0.1) is 12.8 Å². The summed E-state index contributed by atoms with van der Waals surface area (Å²) in [6, 6.07) is 8.70. The molecule has 0 heterocycles. The molecule has 2 N–H and O–H groups in total. The number of benzene rings is 1. The molecule has 1 aromatic carbocycles. The molecule has 1 fully saturated rings. The Labute approximate surface area is 149 Å². The zero-order chi connectivity index (χ0) is 14.2. The average molecular weight is 419 g/mol. The minimum Gasteiger partial charge on any atom is -0.357 e. The first kappa shape index (κ1) is 18.6. The smallest absolute Gasteiger partial charge is 0.191 e. The van der Waals surface area contributed by atoms with Crippen molar-refractivity contribution >= 4 is 41.7 Å². The van der Waals surface area contributed by atoms with E-state index in [1.807, 2.05) is 11.8 Å². The predicted molar refractivity (Wildman–Crippen MR) is 104 cm³/mol. The first-order valence-electron chi connectivity index (χ1n) is 7.49. The summed E-state index contributed by atoms with van der Waals surface area (Å²) in [5.41, 5.74) is 1.31. The average Bonchev–Trinajstić information content (AvgIpc) is 3.27. The van der Waals surface area contributed by atoms with Crippen LogP contribution in [0.25, 0.3) is 0 Å². The highest BCUT2D eigenvalue weighted by Crippen LogP contribution is 2.28. The lowest BCUT2D eigenvalue weighted by molar-refractivity contribution is 0.799. The van der Waals surface area contributed by atoms with Crippen molar-refractivity contribution in [3.63, 3.8) is 0 Å². The lowest BCUT2D eigenvalue weighted by atomic mass is 10.2. The second-order valence-electron chi connectivity index (χ2n) is 5.25. The zero-order valence-corrected chi connectivity index (χ0v) is 16.0. The van der Waals surface area contributed by atoms with E-state index in [9.17, 15) is 0 Å². The highest BCUT2D eigenvalue weighted by molar-refractivity contribution is 14.0. The van der Waals surface area contributed by atoms with Crippen LogP contribution in [0.15, 0.2) is 34.2 Å². The van der Waals surface area contributed by atoms with Gasteiger partial charge in [0.15, 0.2) is 5.96 Å². The Bertz CT molecular complexity index is 430. The molecular formula is C16H26IN3S. The number of hydrogen-bond donors (Lipinski definition) is 2. The Morgan fingerprint density at radius 2 is 1.95 bits per heavy atom. The van der Waals surface area contributed by atoms with Gasteiger partial charge in [-0.2, -0.15) is 0 Å². The molecule has 0 aromatic heterocycles. The lowest BCUT2D eigenvalue weighted by Crippen LogP contribution is -2.38. The van der Waals surface area contributed by atoms with Crippen molar-refractivity contribution in [1.29, 1.82) is 0 Å². The van der Waals surface area contributed by atoms with Gasteiger partial charge in [0.1, 0.15) is 0 Å².